The van der Waals surface area contributed by atoms with Gasteiger partial charge in [0, 0.05) is 32.9 Å². The van der Waals surface area contributed by atoms with Gasteiger partial charge >= 0.3 is 0 Å². The number of anilines is 1. The van der Waals surface area contributed by atoms with E-state index >= 15 is 0 Å². The second-order valence-electron chi connectivity index (χ2n) is 6.08. The van der Waals surface area contributed by atoms with Crippen LogP contribution in [0.3, 0.4) is 0 Å². The molecule has 2 aromatic heterocycles. The van der Waals surface area contributed by atoms with Crippen molar-refractivity contribution in [1.29, 1.82) is 0 Å². The lowest BCUT2D eigenvalue weighted by atomic mass is 10.3. The summed E-state index contributed by atoms with van der Waals surface area (Å²) in [5.74, 6) is 0.588. The highest BCUT2D eigenvalue weighted by molar-refractivity contribution is 7.89. The van der Waals surface area contributed by atoms with Gasteiger partial charge in [0.25, 0.3) is 0 Å². The van der Waals surface area contributed by atoms with Crippen molar-refractivity contribution in [2.75, 3.05) is 30.7 Å². The van der Waals surface area contributed by atoms with Crippen LogP contribution in [-0.4, -0.2) is 70.1 Å². The molecule has 1 N–H and O–H groups in total. The maximum atomic E-state index is 12.5. The van der Waals surface area contributed by atoms with Gasteiger partial charge in [-0.2, -0.15) is 9.40 Å². The quantitative estimate of drug-likeness (QED) is 0.819. The van der Waals surface area contributed by atoms with Crippen LogP contribution < -0.4 is 5.32 Å². The summed E-state index contributed by atoms with van der Waals surface area (Å²) in [6.07, 6.45) is 3.04. The molecule has 0 radical (unpaired) electrons. The lowest BCUT2D eigenvalue weighted by Gasteiger charge is -2.34. The maximum Gasteiger partial charge on any atom is 0.216 e. The van der Waals surface area contributed by atoms with Gasteiger partial charge in [0.15, 0.2) is 5.65 Å². The van der Waals surface area contributed by atoms with Crippen LogP contribution in [-0.2, 0) is 21.8 Å². The SMILES string of the molecule is CC1CN(S(=O)(=O)CCNc2ncnc3nn(C)cc23)CC(C)O1. The molecule has 0 bridgehead atoms. The highest BCUT2D eigenvalue weighted by Gasteiger charge is 2.30. The first kappa shape index (κ1) is 17.1. The van der Waals surface area contributed by atoms with E-state index in [1.807, 2.05) is 13.8 Å². The smallest absolute Gasteiger partial charge is 0.216 e. The number of fused-ring (bicyclic) bond motifs is 1. The van der Waals surface area contributed by atoms with E-state index in [0.717, 1.165) is 5.39 Å². The molecule has 0 aliphatic carbocycles. The molecule has 1 aliphatic rings. The predicted octanol–water partition coefficient (Wildman–Crippen LogP) is 0.214. The number of morpholine rings is 1. The van der Waals surface area contributed by atoms with E-state index in [0.29, 0.717) is 24.6 Å². The van der Waals surface area contributed by atoms with Crippen molar-refractivity contribution >= 4 is 26.9 Å². The number of nitrogens with one attached hydrogen (secondary N) is 1. The van der Waals surface area contributed by atoms with Crippen LogP contribution in [0.4, 0.5) is 5.82 Å². The zero-order chi connectivity index (χ0) is 17.3. The first-order valence-electron chi connectivity index (χ1n) is 7.86. The maximum absolute atomic E-state index is 12.5. The molecule has 10 heteroatoms. The first-order valence-corrected chi connectivity index (χ1v) is 9.47. The zero-order valence-corrected chi connectivity index (χ0v) is 14.8. The third kappa shape index (κ3) is 3.65. The lowest BCUT2D eigenvalue weighted by molar-refractivity contribution is -0.0440. The molecular formula is C14H22N6O3S. The predicted molar refractivity (Wildman–Crippen MR) is 90.2 cm³/mol. The Morgan fingerprint density at radius 2 is 2.00 bits per heavy atom. The molecule has 2 unspecified atom stereocenters. The van der Waals surface area contributed by atoms with Gasteiger partial charge in [-0.3, -0.25) is 4.68 Å². The van der Waals surface area contributed by atoms with Crippen LogP contribution in [0.1, 0.15) is 13.8 Å². The minimum absolute atomic E-state index is 0.00179. The second kappa shape index (κ2) is 6.61. The standard InChI is InChI=1S/C14H22N6O3S/c1-10-6-20(7-11(2)23-10)24(21,22)5-4-15-13-12-8-19(3)18-14(12)17-9-16-13/h8-11H,4-7H2,1-3H3,(H,15,16,17,18). The van der Waals surface area contributed by atoms with E-state index in [-0.39, 0.29) is 24.5 Å². The van der Waals surface area contributed by atoms with Gasteiger partial charge in [0.05, 0.1) is 23.3 Å². The molecule has 132 valence electrons. The topological polar surface area (TPSA) is 102 Å². The van der Waals surface area contributed by atoms with Gasteiger partial charge in [-0.15, -0.1) is 0 Å². The summed E-state index contributed by atoms with van der Waals surface area (Å²) >= 11 is 0. The van der Waals surface area contributed by atoms with E-state index < -0.39 is 10.0 Å². The Kier molecular flexibility index (Phi) is 4.70. The van der Waals surface area contributed by atoms with Crippen molar-refractivity contribution in [2.45, 2.75) is 26.1 Å². The molecular weight excluding hydrogens is 332 g/mol. The molecule has 3 heterocycles. The van der Waals surface area contributed by atoms with Gasteiger partial charge < -0.3 is 10.1 Å². The number of hydrogen-bond donors (Lipinski definition) is 1. The summed E-state index contributed by atoms with van der Waals surface area (Å²) in [4.78, 5) is 8.26. The molecule has 0 saturated carbocycles. The van der Waals surface area contributed by atoms with Crippen LogP contribution in [0.15, 0.2) is 12.5 Å². The van der Waals surface area contributed by atoms with E-state index in [4.69, 9.17) is 4.74 Å². The number of aryl methyl sites for hydroxylation is 1. The van der Waals surface area contributed by atoms with Gasteiger partial charge in [0.2, 0.25) is 10.0 Å². The highest BCUT2D eigenvalue weighted by Crippen LogP contribution is 2.18. The lowest BCUT2D eigenvalue weighted by Crippen LogP contribution is -2.49. The fraction of sp³-hybridized carbons (Fsp3) is 0.643. The van der Waals surface area contributed by atoms with Crippen LogP contribution in [0, 0.1) is 0 Å². The monoisotopic (exact) mass is 354 g/mol. The number of sulfonamides is 1. The third-order valence-electron chi connectivity index (χ3n) is 3.86. The van der Waals surface area contributed by atoms with Crippen LogP contribution in [0.5, 0.6) is 0 Å². The van der Waals surface area contributed by atoms with Crippen LogP contribution in [0.2, 0.25) is 0 Å². The summed E-state index contributed by atoms with van der Waals surface area (Å²) < 4.78 is 33.8. The Morgan fingerprint density at radius 1 is 1.29 bits per heavy atom. The molecule has 0 spiro atoms. The molecule has 9 nitrogen and oxygen atoms in total. The Labute approximate surface area is 141 Å². The van der Waals surface area contributed by atoms with Crippen molar-refractivity contribution in [2.24, 2.45) is 7.05 Å². The number of rotatable bonds is 5. The summed E-state index contributed by atoms with van der Waals surface area (Å²) in [5.41, 5.74) is 0.577. The Balaban J connectivity index is 1.64. The summed E-state index contributed by atoms with van der Waals surface area (Å²) in [6.45, 7) is 4.83. The Hall–Kier alpha value is -1.78. The van der Waals surface area contributed by atoms with Crippen molar-refractivity contribution in [3.63, 3.8) is 0 Å². The normalized spacial score (nSPS) is 22.8. The minimum atomic E-state index is -3.34. The second-order valence-corrected chi connectivity index (χ2v) is 8.17. The van der Waals surface area contributed by atoms with E-state index in [2.05, 4.69) is 20.4 Å². The summed E-state index contributed by atoms with van der Waals surface area (Å²) in [7, 11) is -1.54. The summed E-state index contributed by atoms with van der Waals surface area (Å²) in [6, 6.07) is 0. The van der Waals surface area contributed by atoms with Crippen molar-refractivity contribution in [3.8, 4) is 0 Å². The molecule has 2 aromatic rings. The molecule has 0 amide bonds. The number of nitrogens with zero attached hydrogens (tertiary/aromatic N) is 5. The number of aromatic nitrogens is 4. The van der Waals surface area contributed by atoms with Gasteiger partial charge in [-0.05, 0) is 13.8 Å². The van der Waals surface area contributed by atoms with Gasteiger partial charge in [-0.25, -0.2) is 18.4 Å². The van der Waals surface area contributed by atoms with Gasteiger partial charge in [-0.1, -0.05) is 0 Å². The van der Waals surface area contributed by atoms with E-state index in [9.17, 15) is 8.42 Å². The summed E-state index contributed by atoms with van der Waals surface area (Å²) in [5, 5.41) is 8.05. The number of hydrogen-bond acceptors (Lipinski definition) is 7. The van der Waals surface area contributed by atoms with Crippen molar-refractivity contribution < 1.29 is 13.2 Å². The molecule has 24 heavy (non-hydrogen) atoms. The zero-order valence-electron chi connectivity index (χ0n) is 14.0. The largest absolute Gasteiger partial charge is 0.373 e. The minimum Gasteiger partial charge on any atom is -0.373 e. The van der Waals surface area contributed by atoms with Gasteiger partial charge in [0.1, 0.15) is 12.1 Å². The van der Waals surface area contributed by atoms with Crippen LogP contribution in [0.25, 0.3) is 11.0 Å². The molecule has 2 atom stereocenters. The Morgan fingerprint density at radius 3 is 2.71 bits per heavy atom. The van der Waals surface area contributed by atoms with Crippen molar-refractivity contribution in [1.82, 2.24) is 24.1 Å². The van der Waals surface area contributed by atoms with Crippen LogP contribution >= 0.6 is 0 Å². The molecule has 0 aromatic carbocycles. The first-order chi connectivity index (χ1) is 11.3. The highest BCUT2D eigenvalue weighted by atomic mass is 32.2. The van der Waals surface area contributed by atoms with E-state index in [1.165, 1.54) is 10.6 Å². The fourth-order valence-electron chi connectivity index (χ4n) is 2.88. The average Bonchev–Trinajstić information content (AvgIpc) is 2.87. The molecule has 3 rings (SSSR count). The fourth-order valence-corrected chi connectivity index (χ4v) is 4.37. The third-order valence-corrected chi connectivity index (χ3v) is 5.67. The molecule has 1 saturated heterocycles. The number of ether oxygens (including phenoxy) is 1. The molecule has 1 fully saturated rings. The van der Waals surface area contributed by atoms with E-state index in [1.54, 1.807) is 17.9 Å². The van der Waals surface area contributed by atoms with Crippen molar-refractivity contribution in [3.05, 3.63) is 12.5 Å². The Bertz CT molecular complexity index is 811. The average molecular weight is 354 g/mol. The molecule has 1 aliphatic heterocycles.